The van der Waals surface area contributed by atoms with Gasteiger partial charge < -0.3 is 31.5 Å². The molecule has 3 amide bonds. The Labute approximate surface area is 188 Å². The molecule has 0 aliphatic carbocycles. The molecule has 4 unspecified atom stereocenters. The van der Waals surface area contributed by atoms with Crippen molar-refractivity contribution in [2.75, 3.05) is 6.54 Å². The number of carboxylic acid groups (broad SMARTS) is 2. The molecular weight excluding hydrogens is 420 g/mol. The first-order chi connectivity index (χ1) is 14.8. The summed E-state index contributed by atoms with van der Waals surface area (Å²) in [6.07, 6.45) is 0.896. The molecule has 0 bridgehead atoms. The maximum Gasteiger partial charge on any atom is 0.326 e. The smallest absolute Gasteiger partial charge is 0.326 e. The van der Waals surface area contributed by atoms with E-state index in [1.807, 2.05) is 27.7 Å². The van der Waals surface area contributed by atoms with Crippen LogP contribution in [0.2, 0.25) is 0 Å². The lowest BCUT2D eigenvalue weighted by molar-refractivity contribution is -0.149. The summed E-state index contributed by atoms with van der Waals surface area (Å²) in [6.45, 7) is 7.76. The third kappa shape index (κ3) is 8.45. The molecule has 1 aliphatic heterocycles. The number of carboxylic acids is 2. The predicted molar refractivity (Wildman–Crippen MR) is 115 cm³/mol. The van der Waals surface area contributed by atoms with Crippen LogP contribution in [0.3, 0.4) is 0 Å². The summed E-state index contributed by atoms with van der Waals surface area (Å²) in [5.41, 5.74) is 5.60. The topological polar surface area (TPSA) is 179 Å². The van der Waals surface area contributed by atoms with Crippen molar-refractivity contribution in [2.24, 2.45) is 17.6 Å². The van der Waals surface area contributed by atoms with E-state index in [2.05, 4.69) is 10.6 Å². The first kappa shape index (κ1) is 27.3. The molecule has 0 aromatic heterocycles. The number of nitrogens with two attached hydrogens (primary N) is 1. The normalized spacial score (nSPS) is 18.8. The highest BCUT2D eigenvalue weighted by atomic mass is 16.4. The van der Waals surface area contributed by atoms with E-state index < -0.39 is 60.2 Å². The number of likely N-dealkylation sites (tertiary alicyclic amines) is 1. The van der Waals surface area contributed by atoms with Gasteiger partial charge in [0.15, 0.2) is 0 Å². The Hall–Kier alpha value is -2.69. The molecule has 1 heterocycles. The maximum atomic E-state index is 13.1. The zero-order valence-corrected chi connectivity index (χ0v) is 19.2. The quantitative estimate of drug-likeness (QED) is 0.270. The molecule has 6 N–H and O–H groups in total. The molecule has 11 nitrogen and oxygen atoms in total. The molecular formula is C21H36N4O7. The summed E-state index contributed by atoms with van der Waals surface area (Å²) in [4.78, 5) is 62.0. The fourth-order valence-corrected chi connectivity index (χ4v) is 3.72. The molecule has 1 aliphatic rings. The maximum absolute atomic E-state index is 13.1. The number of amides is 3. The summed E-state index contributed by atoms with van der Waals surface area (Å²) in [5, 5.41) is 23.4. The first-order valence-corrected chi connectivity index (χ1v) is 10.9. The zero-order chi connectivity index (χ0) is 24.6. The second kappa shape index (κ2) is 12.4. The molecule has 0 aromatic rings. The lowest BCUT2D eigenvalue weighted by Crippen LogP contribution is -2.57. The van der Waals surface area contributed by atoms with E-state index in [0.29, 0.717) is 25.8 Å². The van der Waals surface area contributed by atoms with Crippen molar-refractivity contribution >= 4 is 29.7 Å². The zero-order valence-electron chi connectivity index (χ0n) is 19.2. The van der Waals surface area contributed by atoms with E-state index in [1.54, 1.807) is 0 Å². The Morgan fingerprint density at radius 2 is 1.47 bits per heavy atom. The number of aliphatic carboxylic acids is 2. The van der Waals surface area contributed by atoms with Crippen molar-refractivity contribution in [1.29, 1.82) is 0 Å². The number of rotatable bonds is 12. The van der Waals surface area contributed by atoms with Crippen LogP contribution in [0.25, 0.3) is 0 Å². The van der Waals surface area contributed by atoms with Crippen molar-refractivity contribution in [1.82, 2.24) is 15.5 Å². The highest BCUT2D eigenvalue weighted by Crippen LogP contribution is 2.20. The standard InChI is InChI=1S/C21H36N4O7/c1-11(2)8-14(23-18(28)13(22)10-17(26)27)19(29)24-15(9-12(3)4)20(30)25-7-5-6-16(25)21(31)32/h11-16H,5-10,22H2,1-4H3,(H,23,28)(H,24,29)(H,26,27)(H,31,32). The van der Waals surface area contributed by atoms with Gasteiger partial charge in [-0.1, -0.05) is 27.7 Å². The minimum Gasteiger partial charge on any atom is -0.481 e. The molecule has 0 spiro atoms. The van der Waals surface area contributed by atoms with Crippen LogP contribution in [-0.2, 0) is 24.0 Å². The number of carbonyl (C=O) groups is 5. The van der Waals surface area contributed by atoms with Gasteiger partial charge in [0.2, 0.25) is 17.7 Å². The highest BCUT2D eigenvalue weighted by Gasteiger charge is 2.38. The van der Waals surface area contributed by atoms with Gasteiger partial charge in [0.25, 0.3) is 0 Å². The Morgan fingerprint density at radius 1 is 0.938 bits per heavy atom. The molecule has 1 rings (SSSR count). The second-order valence-corrected chi connectivity index (χ2v) is 9.11. The van der Waals surface area contributed by atoms with Crippen LogP contribution in [0, 0.1) is 11.8 Å². The summed E-state index contributed by atoms with van der Waals surface area (Å²) in [5.74, 6) is -4.10. The molecule has 1 fully saturated rings. The van der Waals surface area contributed by atoms with E-state index in [9.17, 15) is 29.1 Å². The van der Waals surface area contributed by atoms with Crippen molar-refractivity contribution in [3.8, 4) is 0 Å². The molecule has 32 heavy (non-hydrogen) atoms. The fraction of sp³-hybridized carbons (Fsp3) is 0.762. The van der Waals surface area contributed by atoms with Gasteiger partial charge in [0.05, 0.1) is 12.5 Å². The van der Waals surface area contributed by atoms with E-state index in [-0.39, 0.29) is 18.3 Å². The molecule has 4 atom stereocenters. The molecule has 1 saturated heterocycles. The van der Waals surface area contributed by atoms with Gasteiger partial charge in [0.1, 0.15) is 18.1 Å². The van der Waals surface area contributed by atoms with E-state index in [4.69, 9.17) is 10.8 Å². The van der Waals surface area contributed by atoms with E-state index >= 15 is 0 Å². The van der Waals surface area contributed by atoms with Crippen LogP contribution in [-0.4, -0.2) is 75.5 Å². The van der Waals surface area contributed by atoms with Crippen LogP contribution < -0.4 is 16.4 Å². The lowest BCUT2D eigenvalue weighted by Gasteiger charge is -2.30. The number of hydrogen-bond donors (Lipinski definition) is 5. The Kier molecular flexibility index (Phi) is 10.6. The average Bonchev–Trinajstić information content (AvgIpc) is 3.15. The monoisotopic (exact) mass is 456 g/mol. The first-order valence-electron chi connectivity index (χ1n) is 10.9. The second-order valence-electron chi connectivity index (χ2n) is 9.11. The molecule has 0 radical (unpaired) electrons. The number of hydrogen-bond acceptors (Lipinski definition) is 6. The summed E-state index contributed by atoms with van der Waals surface area (Å²) >= 11 is 0. The number of nitrogens with zero attached hydrogens (tertiary/aromatic N) is 1. The van der Waals surface area contributed by atoms with Crippen LogP contribution in [0.4, 0.5) is 0 Å². The molecule has 11 heteroatoms. The molecule has 0 aromatic carbocycles. The number of carbonyl (C=O) groups excluding carboxylic acids is 3. The van der Waals surface area contributed by atoms with Crippen LogP contribution in [0.5, 0.6) is 0 Å². The van der Waals surface area contributed by atoms with Crippen LogP contribution in [0.1, 0.15) is 59.8 Å². The number of nitrogens with one attached hydrogen (secondary N) is 2. The minimum absolute atomic E-state index is 0.0102. The van der Waals surface area contributed by atoms with Gasteiger partial charge in [0, 0.05) is 6.54 Å². The third-order valence-electron chi connectivity index (χ3n) is 5.21. The molecule has 182 valence electrons. The van der Waals surface area contributed by atoms with Crippen molar-refractivity contribution < 1.29 is 34.2 Å². The predicted octanol–water partition coefficient (Wildman–Crippen LogP) is -0.0742. The fourth-order valence-electron chi connectivity index (χ4n) is 3.72. The van der Waals surface area contributed by atoms with E-state index in [1.165, 1.54) is 4.90 Å². The lowest BCUT2D eigenvalue weighted by atomic mass is 9.99. The highest BCUT2D eigenvalue weighted by molar-refractivity contribution is 5.94. The minimum atomic E-state index is -1.32. The van der Waals surface area contributed by atoms with Crippen molar-refractivity contribution in [2.45, 2.75) is 84.0 Å². The summed E-state index contributed by atoms with van der Waals surface area (Å²) in [7, 11) is 0. The average molecular weight is 457 g/mol. The van der Waals surface area contributed by atoms with Crippen LogP contribution in [0.15, 0.2) is 0 Å². The van der Waals surface area contributed by atoms with Crippen molar-refractivity contribution in [3.63, 3.8) is 0 Å². The van der Waals surface area contributed by atoms with Crippen molar-refractivity contribution in [3.05, 3.63) is 0 Å². The Balaban J connectivity index is 2.99. The van der Waals surface area contributed by atoms with Crippen LogP contribution >= 0.6 is 0 Å². The van der Waals surface area contributed by atoms with Gasteiger partial charge >= 0.3 is 11.9 Å². The Bertz CT molecular complexity index is 710. The Morgan fingerprint density at radius 3 is 1.97 bits per heavy atom. The van der Waals surface area contributed by atoms with Gasteiger partial charge in [-0.15, -0.1) is 0 Å². The third-order valence-corrected chi connectivity index (χ3v) is 5.21. The van der Waals surface area contributed by atoms with Gasteiger partial charge in [-0.2, -0.15) is 0 Å². The SMILES string of the molecule is CC(C)CC(NC(=O)C(N)CC(=O)O)C(=O)NC(CC(C)C)C(=O)N1CCCC1C(=O)O. The summed E-state index contributed by atoms with van der Waals surface area (Å²) < 4.78 is 0. The van der Waals surface area contributed by atoms with Gasteiger partial charge in [-0.05, 0) is 37.5 Å². The van der Waals surface area contributed by atoms with E-state index in [0.717, 1.165) is 0 Å². The largest absolute Gasteiger partial charge is 0.481 e. The molecule has 0 saturated carbocycles. The van der Waals surface area contributed by atoms with Gasteiger partial charge in [-0.3, -0.25) is 19.2 Å². The summed E-state index contributed by atoms with van der Waals surface area (Å²) in [6, 6.07) is -4.20. The van der Waals surface area contributed by atoms with Gasteiger partial charge in [-0.25, -0.2) is 4.79 Å².